The van der Waals surface area contributed by atoms with E-state index in [-0.39, 0.29) is 17.6 Å². The van der Waals surface area contributed by atoms with Crippen LogP contribution in [0.15, 0.2) is 30.5 Å². The van der Waals surface area contributed by atoms with E-state index < -0.39 is 5.82 Å². The Bertz CT molecular complexity index is 1440. The number of fused-ring (bicyclic) bond motifs is 2. The van der Waals surface area contributed by atoms with Gasteiger partial charge in [0.15, 0.2) is 0 Å². The summed E-state index contributed by atoms with van der Waals surface area (Å²) in [5.74, 6) is 1.64. The molecule has 4 aliphatic heterocycles. The number of nitrogen functional groups attached to an aromatic ring is 1. The van der Waals surface area contributed by atoms with Gasteiger partial charge < -0.3 is 15.8 Å². The number of carbonyl (C=O) groups excluding carboxylic acids is 1. The molecule has 1 amide bonds. The van der Waals surface area contributed by atoms with Crippen molar-refractivity contribution in [1.82, 2.24) is 15.2 Å². The van der Waals surface area contributed by atoms with Crippen LogP contribution in [0.25, 0.3) is 10.2 Å². The first kappa shape index (κ1) is 21.4. The van der Waals surface area contributed by atoms with Gasteiger partial charge >= 0.3 is 0 Å². The number of carbonyl (C=O) groups is 1. The van der Waals surface area contributed by atoms with Crippen molar-refractivity contribution in [2.24, 2.45) is 11.3 Å². The molecule has 1 aliphatic carbocycles. The Labute approximate surface area is 213 Å². The number of amides is 1. The fraction of sp³-hybridized carbons (Fsp3) is 0.500. The van der Waals surface area contributed by atoms with E-state index >= 15 is 0 Å². The zero-order valence-corrected chi connectivity index (χ0v) is 21.0. The SMILES string of the molecule is CC12CC3CCC4CC(C1c1ccc5c(c1)OC[C@@H](NC(=O)c1sc6ncc(F)cc6c1N)C5)C2N43. The van der Waals surface area contributed by atoms with E-state index in [1.54, 1.807) is 0 Å². The molecule has 3 saturated heterocycles. The number of nitrogens with zero attached hydrogens (tertiary/aromatic N) is 2. The van der Waals surface area contributed by atoms with Crippen LogP contribution in [0.3, 0.4) is 0 Å². The molecule has 2 aromatic heterocycles. The van der Waals surface area contributed by atoms with Crippen molar-refractivity contribution in [3.05, 3.63) is 52.3 Å². The lowest BCUT2D eigenvalue weighted by molar-refractivity contribution is -0.0000531. The quantitative estimate of drug-likeness (QED) is 0.550. The Morgan fingerprint density at radius 3 is 3.06 bits per heavy atom. The molecule has 8 rings (SSSR count). The van der Waals surface area contributed by atoms with Gasteiger partial charge in [-0.1, -0.05) is 19.1 Å². The number of halogens is 1. The Kier molecular flexibility index (Phi) is 4.27. The fourth-order valence-corrected chi connectivity index (χ4v) is 9.65. The largest absolute Gasteiger partial charge is 0.491 e. The molecule has 0 spiro atoms. The number of pyridine rings is 1. The van der Waals surface area contributed by atoms with Gasteiger partial charge in [-0.15, -0.1) is 11.3 Å². The highest BCUT2D eigenvalue weighted by Crippen LogP contribution is 2.72. The minimum Gasteiger partial charge on any atom is -0.491 e. The van der Waals surface area contributed by atoms with Crippen LogP contribution >= 0.6 is 11.3 Å². The van der Waals surface area contributed by atoms with Crippen LogP contribution < -0.4 is 15.8 Å². The Hall–Kier alpha value is -2.71. The monoisotopic (exact) mass is 504 g/mol. The Morgan fingerprint density at radius 2 is 2.17 bits per heavy atom. The van der Waals surface area contributed by atoms with Gasteiger partial charge in [0.1, 0.15) is 27.9 Å². The number of benzene rings is 1. The van der Waals surface area contributed by atoms with E-state index in [4.69, 9.17) is 10.5 Å². The van der Waals surface area contributed by atoms with Crippen LogP contribution in [0.1, 0.15) is 59.3 Å². The highest BCUT2D eigenvalue weighted by atomic mass is 32.1. The molecule has 7 atom stereocenters. The van der Waals surface area contributed by atoms with Gasteiger partial charge in [-0.3, -0.25) is 9.69 Å². The molecule has 36 heavy (non-hydrogen) atoms. The zero-order valence-electron chi connectivity index (χ0n) is 20.2. The third kappa shape index (κ3) is 2.74. The predicted molar refractivity (Wildman–Crippen MR) is 137 cm³/mol. The van der Waals surface area contributed by atoms with E-state index in [2.05, 4.69) is 40.3 Å². The summed E-state index contributed by atoms with van der Waals surface area (Å²) in [5, 5.41) is 3.55. The molecular formula is C28H29FN4O2S. The average Bonchev–Trinajstić information content (AvgIpc) is 3.57. The van der Waals surface area contributed by atoms with Crippen LogP contribution in [0.5, 0.6) is 5.75 Å². The van der Waals surface area contributed by atoms with E-state index in [1.165, 1.54) is 48.6 Å². The van der Waals surface area contributed by atoms with E-state index in [0.29, 0.717) is 39.5 Å². The molecule has 6 heterocycles. The lowest BCUT2D eigenvalue weighted by Crippen LogP contribution is -2.55. The maximum absolute atomic E-state index is 13.6. The minimum absolute atomic E-state index is 0.149. The first-order chi connectivity index (χ1) is 17.4. The van der Waals surface area contributed by atoms with Gasteiger partial charge in [0, 0.05) is 23.5 Å². The van der Waals surface area contributed by atoms with Crippen LogP contribution in [0, 0.1) is 17.2 Å². The third-order valence-corrected chi connectivity index (χ3v) is 11.0. The first-order valence-electron chi connectivity index (χ1n) is 13.1. The summed E-state index contributed by atoms with van der Waals surface area (Å²) in [7, 11) is 0. The van der Waals surface area contributed by atoms with Crippen molar-refractivity contribution >= 4 is 33.1 Å². The molecule has 8 heteroatoms. The number of ether oxygens (including phenoxy) is 1. The lowest BCUT2D eigenvalue weighted by atomic mass is 9.49. The fourth-order valence-electron chi connectivity index (χ4n) is 8.70. The van der Waals surface area contributed by atoms with Crippen molar-refractivity contribution in [2.75, 3.05) is 12.3 Å². The lowest BCUT2D eigenvalue weighted by Gasteiger charge is -2.56. The second-order valence-corrected chi connectivity index (χ2v) is 12.8. The van der Waals surface area contributed by atoms with Crippen molar-refractivity contribution in [3.8, 4) is 5.75 Å². The molecule has 1 saturated carbocycles. The average molecular weight is 505 g/mol. The van der Waals surface area contributed by atoms with Crippen LogP contribution in [-0.4, -0.2) is 46.6 Å². The summed E-state index contributed by atoms with van der Waals surface area (Å²) >= 11 is 1.19. The number of anilines is 1. The Balaban J connectivity index is 1.00. The molecule has 186 valence electrons. The molecule has 0 bridgehead atoms. The van der Waals surface area contributed by atoms with Gasteiger partial charge in [-0.05, 0) is 72.6 Å². The summed E-state index contributed by atoms with van der Waals surface area (Å²) in [6.07, 6.45) is 7.33. The van der Waals surface area contributed by atoms with Gasteiger partial charge in [-0.2, -0.15) is 0 Å². The number of thiophene rings is 1. The highest BCUT2D eigenvalue weighted by Gasteiger charge is 2.72. The standard InChI is InChI=1S/C28H29FN4O2S/c1-28-10-18-5-4-17-9-19(25(28)33(17)18)22(28)14-3-2-13-6-16(12-35-21(13)7-14)32-26(34)24-23(30)20-8-15(29)11-31-27(20)36-24/h2-3,7-8,11,16-19,22,25H,4-6,9-10,12,30H2,1H3,(H,32,34)/t16-,17?,18?,19?,22?,25?,28?/m0/s1. The molecule has 1 aromatic carbocycles. The highest BCUT2D eigenvalue weighted by molar-refractivity contribution is 7.21. The van der Waals surface area contributed by atoms with Gasteiger partial charge in [0.2, 0.25) is 0 Å². The van der Waals surface area contributed by atoms with Gasteiger partial charge in [0.05, 0.1) is 17.9 Å². The summed E-state index contributed by atoms with van der Waals surface area (Å²) in [6, 6.07) is 10.4. The normalized spacial score (nSPS) is 35.8. The Morgan fingerprint density at radius 1 is 1.31 bits per heavy atom. The molecule has 6 unspecified atom stereocenters. The number of nitrogens with one attached hydrogen (secondary N) is 1. The summed E-state index contributed by atoms with van der Waals surface area (Å²) in [4.78, 5) is 20.9. The van der Waals surface area contributed by atoms with Crippen molar-refractivity contribution in [3.63, 3.8) is 0 Å². The number of rotatable bonds is 3. The van der Waals surface area contributed by atoms with Crippen LogP contribution in [0.4, 0.5) is 10.1 Å². The number of nitrogens with two attached hydrogens (primary N) is 1. The second-order valence-electron chi connectivity index (χ2n) is 11.8. The second kappa shape index (κ2) is 7.19. The molecule has 3 aromatic rings. The smallest absolute Gasteiger partial charge is 0.263 e. The van der Waals surface area contributed by atoms with Gasteiger partial charge in [-0.25, -0.2) is 9.37 Å². The first-order valence-corrected chi connectivity index (χ1v) is 13.9. The van der Waals surface area contributed by atoms with E-state index in [0.717, 1.165) is 41.6 Å². The van der Waals surface area contributed by atoms with Crippen LogP contribution in [0.2, 0.25) is 0 Å². The third-order valence-electron chi connectivity index (χ3n) is 9.89. The molecule has 4 fully saturated rings. The van der Waals surface area contributed by atoms with Crippen molar-refractivity contribution < 1.29 is 13.9 Å². The minimum atomic E-state index is -0.465. The van der Waals surface area contributed by atoms with Gasteiger partial charge in [0.25, 0.3) is 5.91 Å². The van der Waals surface area contributed by atoms with E-state index in [1.807, 2.05) is 0 Å². The van der Waals surface area contributed by atoms with Crippen molar-refractivity contribution in [2.45, 2.75) is 69.1 Å². The number of hydrogen-bond acceptors (Lipinski definition) is 6. The molecular weight excluding hydrogens is 475 g/mol. The summed E-state index contributed by atoms with van der Waals surface area (Å²) in [6.45, 7) is 2.95. The number of aromatic nitrogens is 1. The summed E-state index contributed by atoms with van der Waals surface area (Å²) < 4.78 is 19.8. The van der Waals surface area contributed by atoms with E-state index in [9.17, 15) is 9.18 Å². The molecule has 0 radical (unpaired) electrons. The topological polar surface area (TPSA) is 80.5 Å². The van der Waals surface area contributed by atoms with Crippen LogP contribution in [-0.2, 0) is 6.42 Å². The molecule has 3 N–H and O–H groups in total. The zero-order chi connectivity index (χ0) is 24.3. The number of hydrogen-bond donors (Lipinski definition) is 2. The maximum atomic E-state index is 13.6. The predicted octanol–water partition coefficient (Wildman–Crippen LogP) is 4.48. The summed E-state index contributed by atoms with van der Waals surface area (Å²) in [5.41, 5.74) is 9.39. The molecule has 6 nitrogen and oxygen atoms in total. The van der Waals surface area contributed by atoms with Crippen molar-refractivity contribution in [1.29, 1.82) is 0 Å². The maximum Gasteiger partial charge on any atom is 0.263 e. The molecule has 5 aliphatic rings.